The fraction of sp³-hybridized carbons (Fsp3) is 0.312. The van der Waals surface area contributed by atoms with Crippen molar-refractivity contribution in [3.63, 3.8) is 0 Å². The lowest BCUT2D eigenvalue weighted by molar-refractivity contribution is -0.384. The number of ether oxygens (including phenoxy) is 1. The van der Waals surface area contributed by atoms with Crippen molar-refractivity contribution >= 4 is 17.4 Å². The Bertz CT molecular complexity index is 744. The fourth-order valence-corrected chi connectivity index (χ4v) is 2.87. The van der Waals surface area contributed by atoms with Crippen LogP contribution in [0.15, 0.2) is 41.0 Å². The van der Waals surface area contributed by atoms with Crippen molar-refractivity contribution in [1.29, 1.82) is 0 Å². The molecule has 1 N–H and O–H groups in total. The van der Waals surface area contributed by atoms with E-state index in [1.807, 2.05) is 6.07 Å². The lowest BCUT2D eigenvalue weighted by atomic mass is 10.2. The van der Waals surface area contributed by atoms with Crippen LogP contribution in [0.1, 0.15) is 24.6 Å². The molecular formula is C16H17N3O5. The number of urea groups is 1. The number of hydrogen-bond donors (Lipinski definition) is 1. The van der Waals surface area contributed by atoms with Gasteiger partial charge in [-0.1, -0.05) is 0 Å². The molecule has 1 fully saturated rings. The summed E-state index contributed by atoms with van der Waals surface area (Å²) in [6.45, 7) is 0.618. The molecule has 0 bridgehead atoms. The maximum atomic E-state index is 12.6. The average molecular weight is 331 g/mol. The van der Waals surface area contributed by atoms with E-state index in [-0.39, 0.29) is 23.5 Å². The number of nitrogens with zero attached hydrogens (tertiary/aromatic N) is 2. The Hall–Kier alpha value is -3.03. The number of carbonyl (C=O) groups excluding carboxylic acids is 1. The predicted molar refractivity (Wildman–Crippen MR) is 86.1 cm³/mol. The highest BCUT2D eigenvalue weighted by Gasteiger charge is 2.32. The first kappa shape index (κ1) is 15.9. The average Bonchev–Trinajstić information content (AvgIpc) is 3.25. The number of carbonyl (C=O) groups is 1. The first-order chi connectivity index (χ1) is 11.6. The van der Waals surface area contributed by atoms with Gasteiger partial charge in [-0.05, 0) is 31.0 Å². The van der Waals surface area contributed by atoms with Gasteiger partial charge in [-0.15, -0.1) is 0 Å². The third-order valence-electron chi connectivity index (χ3n) is 4.02. The van der Waals surface area contributed by atoms with Crippen molar-refractivity contribution in [2.45, 2.75) is 18.9 Å². The van der Waals surface area contributed by atoms with Gasteiger partial charge in [0, 0.05) is 12.6 Å². The summed E-state index contributed by atoms with van der Waals surface area (Å²) in [7, 11) is 1.40. The lowest BCUT2D eigenvalue weighted by Crippen LogP contribution is -2.34. The second kappa shape index (κ2) is 6.61. The molecule has 0 spiro atoms. The van der Waals surface area contributed by atoms with E-state index in [1.54, 1.807) is 17.2 Å². The molecule has 1 atom stereocenters. The molecule has 1 aromatic heterocycles. The Kier molecular flexibility index (Phi) is 4.37. The number of likely N-dealkylation sites (tertiary alicyclic amines) is 1. The zero-order valence-corrected chi connectivity index (χ0v) is 13.1. The predicted octanol–water partition coefficient (Wildman–Crippen LogP) is 3.57. The Labute approximate surface area is 138 Å². The molecule has 1 aliphatic rings. The standard InChI is InChI=1S/C16H17N3O5/c1-23-15-10-11(19(21)22)6-7-12(15)17-16(20)18-8-2-4-13(18)14-5-3-9-24-14/h3,5-7,9-10,13H,2,4,8H2,1H3,(H,17,20)/t13-/m0/s1. The van der Waals surface area contributed by atoms with Crippen LogP contribution in [0, 0.1) is 10.1 Å². The third kappa shape index (κ3) is 3.03. The summed E-state index contributed by atoms with van der Waals surface area (Å²) in [5.41, 5.74) is 0.290. The van der Waals surface area contributed by atoms with Crippen LogP contribution in [0.4, 0.5) is 16.2 Å². The van der Waals surface area contributed by atoms with Crippen molar-refractivity contribution in [3.05, 3.63) is 52.5 Å². The molecule has 0 saturated carbocycles. The number of non-ortho nitro benzene ring substituents is 1. The molecule has 2 heterocycles. The van der Waals surface area contributed by atoms with Crippen molar-refractivity contribution in [1.82, 2.24) is 4.90 Å². The summed E-state index contributed by atoms with van der Waals surface area (Å²) in [4.78, 5) is 24.6. The van der Waals surface area contributed by atoms with E-state index in [0.717, 1.165) is 18.6 Å². The van der Waals surface area contributed by atoms with Crippen LogP contribution in [-0.4, -0.2) is 29.5 Å². The number of furan rings is 1. The number of benzene rings is 1. The Morgan fingerprint density at radius 1 is 1.46 bits per heavy atom. The van der Waals surface area contributed by atoms with Crippen LogP contribution >= 0.6 is 0 Å². The number of nitro groups is 1. The second-order valence-corrected chi connectivity index (χ2v) is 5.44. The minimum Gasteiger partial charge on any atom is -0.494 e. The summed E-state index contributed by atoms with van der Waals surface area (Å²) in [5, 5.41) is 13.6. The Balaban J connectivity index is 1.78. The first-order valence-electron chi connectivity index (χ1n) is 7.53. The molecular weight excluding hydrogens is 314 g/mol. The van der Waals surface area contributed by atoms with E-state index >= 15 is 0 Å². The number of methoxy groups -OCH3 is 1. The number of anilines is 1. The SMILES string of the molecule is COc1cc([N+](=O)[O-])ccc1NC(=O)N1CCC[C@H]1c1ccco1. The summed E-state index contributed by atoms with van der Waals surface area (Å²) in [5.74, 6) is 0.990. The first-order valence-corrected chi connectivity index (χ1v) is 7.53. The summed E-state index contributed by atoms with van der Waals surface area (Å²) >= 11 is 0. The van der Waals surface area contributed by atoms with Gasteiger partial charge in [0.25, 0.3) is 5.69 Å². The quantitative estimate of drug-likeness (QED) is 0.682. The van der Waals surface area contributed by atoms with Gasteiger partial charge in [0.15, 0.2) is 0 Å². The number of hydrogen-bond acceptors (Lipinski definition) is 5. The van der Waals surface area contributed by atoms with Crippen LogP contribution in [-0.2, 0) is 0 Å². The third-order valence-corrected chi connectivity index (χ3v) is 4.02. The molecule has 1 saturated heterocycles. The van der Waals surface area contributed by atoms with Gasteiger partial charge in [-0.25, -0.2) is 4.79 Å². The van der Waals surface area contributed by atoms with E-state index in [1.165, 1.54) is 25.3 Å². The van der Waals surface area contributed by atoms with Crippen LogP contribution in [0.25, 0.3) is 0 Å². The monoisotopic (exact) mass is 331 g/mol. The molecule has 0 radical (unpaired) electrons. The summed E-state index contributed by atoms with van der Waals surface area (Å²) < 4.78 is 10.6. The molecule has 1 aromatic carbocycles. The van der Waals surface area contributed by atoms with Crippen LogP contribution in [0.3, 0.4) is 0 Å². The maximum absolute atomic E-state index is 12.6. The minimum atomic E-state index is -0.512. The van der Waals surface area contributed by atoms with E-state index in [2.05, 4.69) is 5.32 Å². The van der Waals surface area contributed by atoms with Crippen molar-refractivity contribution < 1.29 is 18.9 Å². The minimum absolute atomic E-state index is 0.0977. The zero-order chi connectivity index (χ0) is 17.1. The van der Waals surface area contributed by atoms with Gasteiger partial charge < -0.3 is 19.4 Å². The highest BCUT2D eigenvalue weighted by Crippen LogP contribution is 2.34. The normalized spacial score (nSPS) is 16.9. The van der Waals surface area contributed by atoms with Crippen LogP contribution in [0.5, 0.6) is 5.75 Å². The van der Waals surface area contributed by atoms with E-state index in [9.17, 15) is 14.9 Å². The molecule has 0 aliphatic carbocycles. The van der Waals surface area contributed by atoms with Gasteiger partial charge >= 0.3 is 6.03 Å². The summed E-state index contributed by atoms with van der Waals surface area (Å²) in [6, 6.07) is 7.32. The molecule has 8 nitrogen and oxygen atoms in total. The van der Waals surface area contributed by atoms with E-state index in [0.29, 0.717) is 12.2 Å². The molecule has 3 rings (SSSR count). The van der Waals surface area contributed by atoms with Gasteiger partial charge in [-0.3, -0.25) is 10.1 Å². The van der Waals surface area contributed by atoms with Crippen molar-refractivity contribution in [2.24, 2.45) is 0 Å². The molecule has 2 amide bonds. The van der Waals surface area contributed by atoms with Gasteiger partial charge in [0.05, 0.1) is 36.1 Å². The van der Waals surface area contributed by atoms with Crippen LogP contribution in [0.2, 0.25) is 0 Å². The van der Waals surface area contributed by atoms with Crippen molar-refractivity contribution in [3.8, 4) is 5.75 Å². The van der Waals surface area contributed by atoms with E-state index in [4.69, 9.17) is 9.15 Å². The highest BCUT2D eigenvalue weighted by atomic mass is 16.6. The van der Waals surface area contributed by atoms with Crippen LogP contribution < -0.4 is 10.1 Å². The molecule has 1 aliphatic heterocycles. The largest absolute Gasteiger partial charge is 0.494 e. The van der Waals surface area contributed by atoms with Gasteiger partial charge in [0.2, 0.25) is 0 Å². The Morgan fingerprint density at radius 3 is 2.96 bits per heavy atom. The fourth-order valence-electron chi connectivity index (χ4n) is 2.87. The van der Waals surface area contributed by atoms with E-state index < -0.39 is 4.92 Å². The number of amides is 2. The smallest absolute Gasteiger partial charge is 0.322 e. The second-order valence-electron chi connectivity index (χ2n) is 5.44. The summed E-state index contributed by atoms with van der Waals surface area (Å²) in [6.07, 6.45) is 3.30. The molecule has 126 valence electrons. The van der Waals surface area contributed by atoms with Crippen molar-refractivity contribution in [2.75, 3.05) is 19.0 Å². The topological polar surface area (TPSA) is 97.8 Å². The maximum Gasteiger partial charge on any atom is 0.322 e. The number of rotatable bonds is 4. The van der Waals surface area contributed by atoms with Gasteiger partial charge in [-0.2, -0.15) is 0 Å². The Morgan fingerprint density at radius 2 is 2.29 bits per heavy atom. The lowest BCUT2D eigenvalue weighted by Gasteiger charge is -2.24. The molecule has 8 heteroatoms. The van der Waals surface area contributed by atoms with Gasteiger partial charge in [0.1, 0.15) is 11.5 Å². The molecule has 24 heavy (non-hydrogen) atoms. The zero-order valence-electron chi connectivity index (χ0n) is 13.1. The molecule has 2 aromatic rings. The number of nitro benzene ring substituents is 1. The highest BCUT2D eigenvalue weighted by molar-refractivity contribution is 5.91. The molecule has 0 unspecified atom stereocenters. The number of nitrogens with one attached hydrogen (secondary N) is 1.